The molecule has 0 aliphatic carbocycles. The molecule has 8 heteroatoms. The summed E-state index contributed by atoms with van der Waals surface area (Å²) < 4.78 is 1.57. The quantitative estimate of drug-likeness (QED) is 0.391. The van der Waals surface area contributed by atoms with Crippen molar-refractivity contribution < 1.29 is 10.0 Å². The van der Waals surface area contributed by atoms with E-state index < -0.39 is 5.91 Å². The topological polar surface area (TPSA) is 107 Å². The number of amides is 1. The lowest BCUT2D eigenvalue weighted by Gasteiger charge is -2.32. The molecule has 1 aromatic carbocycles. The van der Waals surface area contributed by atoms with Gasteiger partial charge in [0.15, 0.2) is 0 Å². The van der Waals surface area contributed by atoms with Crippen LogP contribution < -0.4 is 16.7 Å². The van der Waals surface area contributed by atoms with Gasteiger partial charge in [-0.3, -0.25) is 24.7 Å². The van der Waals surface area contributed by atoms with Crippen LogP contribution in [-0.2, 0) is 17.9 Å². The summed E-state index contributed by atoms with van der Waals surface area (Å²) in [5.74, 6) is -0.138. The highest BCUT2D eigenvalue weighted by atomic mass is 16.5. The summed E-state index contributed by atoms with van der Waals surface area (Å²) in [7, 11) is 0. The van der Waals surface area contributed by atoms with Gasteiger partial charge in [0.05, 0.1) is 0 Å². The normalized spacial score (nSPS) is 15.8. The highest BCUT2D eigenvalue weighted by Gasteiger charge is 2.20. The zero-order valence-electron chi connectivity index (χ0n) is 15.5. The number of nitrogens with zero attached hydrogens (tertiary/aromatic N) is 2. The van der Waals surface area contributed by atoms with Gasteiger partial charge in [0.25, 0.3) is 11.5 Å². The zero-order chi connectivity index (χ0) is 19.9. The van der Waals surface area contributed by atoms with Gasteiger partial charge in [0, 0.05) is 31.4 Å². The molecular weight excluding hydrogens is 360 g/mol. The van der Waals surface area contributed by atoms with Crippen molar-refractivity contribution in [1.82, 2.24) is 19.9 Å². The SMILES string of the molecule is O=C(/C=C/c1ccc(CN2CCC(Cn3ccc(=O)[nH]c3=O)CC2)cc1)NO. The molecule has 28 heavy (non-hydrogen) atoms. The summed E-state index contributed by atoms with van der Waals surface area (Å²) in [5.41, 5.74) is 2.93. The molecule has 3 N–H and O–H groups in total. The molecule has 1 aliphatic rings. The molecule has 1 amide bonds. The van der Waals surface area contributed by atoms with Gasteiger partial charge in [-0.05, 0) is 49.1 Å². The van der Waals surface area contributed by atoms with Crippen LogP contribution in [0.1, 0.15) is 24.0 Å². The number of carbonyl (C=O) groups excluding carboxylic acids is 1. The Hall–Kier alpha value is -2.97. The monoisotopic (exact) mass is 384 g/mol. The molecule has 0 radical (unpaired) electrons. The van der Waals surface area contributed by atoms with Crippen molar-refractivity contribution in [2.24, 2.45) is 5.92 Å². The third-order valence-corrected chi connectivity index (χ3v) is 4.98. The van der Waals surface area contributed by atoms with Gasteiger partial charge in [0.1, 0.15) is 0 Å². The summed E-state index contributed by atoms with van der Waals surface area (Å²) >= 11 is 0. The van der Waals surface area contributed by atoms with Crippen LogP contribution in [0.2, 0.25) is 0 Å². The molecule has 8 nitrogen and oxygen atoms in total. The minimum absolute atomic E-state index is 0.347. The van der Waals surface area contributed by atoms with Crippen molar-refractivity contribution in [1.29, 1.82) is 0 Å². The Labute approximate surface area is 162 Å². The maximum absolute atomic E-state index is 11.8. The average molecular weight is 384 g/mol. The van der Waals surface area contributed by atoms with Crippen molar-refractivity contribution in [3.63, 3.8) is 0 Å². The first-order valence-corrected chi connectivity index (χ1v) is 9.27. The van der Waals surface area contributed by atoms with E-state index >= 15 is 0 Å². The van der Waals surface area contributed by atoms with Crippen LogP contribution in [0, 0.1) is 5.92 Å². The highest BCUT2D eigenvalue weighted by Crippen LogP contribution is 2.20. The second-order valence-electron chi connectivity index (χ2n) is 7.03. The van der Waals surface area contributed by atoms with Gasteiger partial charge < -0.3 is 4.57 Å². The number of hydrogen-bond donors (Lipinski definition) is 3. The van der Waals surface area contributed by atoms with Gasteiger partial charge in [-0.2, -0.15) is 0 Å². The number of hydrogen-bond acceptors (Lipinski definition) is 5. The Morgan fingerprint density at radius 1 is 1.18 bits per heavy atom. The summed E-state index contributed by atoms with van der Waals surface area (Å²) in [6, 6.07) is 9.31. The Bertz CT molecular complexity index is 938. The van der Waals surface area contributed by atoms with Gasteiger partial charge in [0.2, 0.25) is 0 Å². The number of aromatic amines is 1. The molecule has 3 rings (SSSR count). The number of nitrogens with one attached hydrogen (secondary N) is 2. The maximum Gasteiger partial charge on any atom is 0.328 e. The van der Waals surface area contributed by atoms with E-state index in [0.717, 1.165) is 38.0 Å². The molecule has 0 saturated carbocycles. The van der Waals surface area contributed by atoms with Crippen LogP contribution in [0.4, 0.5) is 0 Å². The lowest BCUT2D eigenvalue weighted by molar-refractivity contribution is -0.124. The van der Waals surface area contributed by atoms with Crippen molar-refractivity contribution in [3.8, 4) is 0 Å². The maximum atomic E-state index is 11.8. The molecule has 1 aliphatic heterocycles. The number of hydroxylamine groups is 1. The van der Waals surface area contributed by atoms with E-state index in [1.807, 2.05) is 24.3 Å². The van der Waals surface area contributed by atoms with Crippen molar-refractivity contribution in [2.45, 2.75) is 25.9 Å². The van der Waals surface area contributed by atoms with Gasteiger partial charge in [-0.25, -0.2) is 10.3 Å². The van der Waals surface area contributed by atoms with Crippen LogP contribution in [0.15, 0.2) is 52.2 Å². The molecular formula is C20H24N4O4. The first kappa shape index (κ1) is 19.8. The summed E-state index contributed by atoms with van der Waals surface area (Å²) in [6.45, 7) is 3.40. The van der Waals surface area contributed by atoms with Crippen LogP contribution in [0.25, 0.3) is 6.08 Å². The Balaban J connectivity index is 1.49. The fraction of sp³-hybridized carbons (Fsp3) is 0.350. The molecule has 2 heterocycles. The Morgan fingerprint density at radius 2 is 1.89 bits per heavy atom. The first-order chi connectivity index (χ1) is 13.5. The van der Waals surface area contributed by atoms with E-state index in [1.165, 1.54) is 17.7 Å². The fourth-order valence-corrected chi connectivity index (χ4v) is 3.39. The molecule has 2 aromatic rings. The van der Waals surface area contributed by atoms with E-state index in [1.54, 1.807) is 22.3 Å². The number of rotatable bonds is 6. The number of carbonyl (C=O) groups is 1. The Morgan fingerprint density at radius 3 is 2.54 bits per heavy atom. The van der Waals surface area contributed by atoms with Gasteiger partial charge in [-0.1, -0.05) is 24.3 Å². The van der Waals surface area contributed by atoms with Crippen LogP contribution in [-0.4, -0.2) is 38.7 Å². The minimum Gasteiger partial charge on any atom is -0.300 e. The first-order valence-electron chi connectivity index (χ1n) is 9.27. The molecule has 1 fully saturated rings. The third-order valence-electron chi connectivity index (χ3n) is 4.98. The lowest BCUT2D eigenvalue weighted by Crippen LogP contribution is -2.37. The molecule has 148 valence electrons. The van der Waals surface area contributed by atoms with E-state index in [9.17, 15) is 14.4 Å². The second-order valence-corrected chi connectivity index (χ2v) is 7.03. The molecule has 0 unspecified atom stereocenters. The molecule has 1 saturated heterocycles. The van der Waals surface area contributed by atoms with E-state index in [-0.39, 0.29) is 11.2 Å². The van der Waals surface area contributed by atoms with Crippen molar-refractivity contribution >= 4 is 12.0 Å². The van der Waals surface area contributed by atoms with Crippen molar-refractivity contribution in [2.75, 3.05) is 13.1 Å². The predicted octanol–water partition coefficient (Wildman–Crippen LogP) is 0.967. The fourth-order valence-electron chi connectivity index (χ4n) is 3.39. The molecule has 0 bridgehead atoms. The lowest BCUT2D eigenvalue weighted by atomic mass is 9.96. The summed E-state index contributed by atoms with van der Waals surface area (Å²) in [6.07, 6.45) is 6.48. The standard InChI is InChI=1S/C20H24N4O4/c25-18-9-12-24(20(27)21-18)14-17-7-10-23(11-8-17)13-16-3-1-15(2-4-16)5-6-19(26)22-28/h1-6,9,12,17,28H,7-8,10-11,13-14H2,(H,22,26)(H,21,25,27)/b6-5+. The largest absolute Gasteiger partial charge is 0.328 e. The van der Waals surface area contributed by atoms with Gasteiger partial charge in [-0.15, -0.1) is 0 Å². The number of aromatic nitrogens is 2. The number of likely N-dealkylation sites (tertiary alicyclic amines) is 1. The third kappa shape index (κ3) is 5.51. The minimum atomic E-state index is -0.559. The molecule has 1 aromatic heterocycles. The van der Waals surface area contributed by atoms with Crippen molar-refractivity contribution in [3.05, 3.63) is 74.6 Å². The highest BCUT2D eigenvalue weighted by molar-refractivity contribution is 5.90. The molecule has 0 atom stereocenters. The zero-order valence-corrected chi connectivity index (χ0v) is 15.5. The van der Waals surface area contributed by atoms with Crippen LogP contribution in [0.5, 0.6) is 0 Å². The van der Waals surface area contributed by atoms with E-state index in [0.29, 0.717) is 12.5 Å². The number of piperidine rings is 1. The predicted molar refractivity (Wildman–Crippen MR) is 105 cm³/mol. The average Bonchev–Trinajstić information content (AvgIpc) is 2.70. The van der Waals surface area contributed by atoms with Gasteiger partial charge >= 0.3 is 5.69 Å². The summed E-state index contributed by atoms with van der Waals surface area (Å²) in [5, 5.41) is 8.48. The number of benzene rings is 1. The van der Waals surface area contributed by atoms with Crippen LogP contribution >= 0.6 is 0 Å². The Kier molecular flexibility index (Phi) is 6.57. The molecule has 0 spiro atoms. The smallest absolute Gasteiger partial charge is 0.300 e. The summed E-state index contributed by atoms with van der Waals surface area (Å²) in [4.78, 5) is 38.6. The van der Waals surface area contributed by atoms with Crippen LogP contribution in [0.3, 0.4) is 0 Å². The van der Waals surface area contributed by atoms with E-state index in [2.05, 4.69) is 9.88 Å². The van der Waals surface area contributed by atoms with E-state index in [4.69, 9.17) is 5.21 Å². The number of H-pyrrole nitrogens is 1. The second kappa shape index (κ2) is 9.29.